The predicted octanol–water partition coefficient (Wildman–Crippen LogP) is 1.70. The number of benzene rings is 1. The van der Waals surface area contributed by atoms with E-state index in [2.05, 4.69) is 0 Å². The van der Waals surface area contributed by atoms with Crippen molar-refractivity contribution in [1.82, 2.24) is 4.90 Å². The molecule has 1 amide bonds. The number of hydrogen-bond acceptors (Lipinski definition) is 4. The van der Waals surface area contributed by atoms with Gasteiger partial charge in [0.15, 0.2) is 0 Å². The second kappa shape index (κ2) is 7.17. The molecule has 0 spiro atoms. The summed E-state index contributed by atoms with van der Waals surface area (Å²) in [5.74, 6) is 0.506. The van der Waals surface area contributed by atoms with Crippen molar-refractivity contribution in [3.8, 4) is 0 Å². The van der Waals surface area contributed by atoms with Gasteiger partial charge in [-0.15, -0.1) is 0 Å². The Labute approximate surface area is 127 Å². The van der Waals surface area contributed by atoms with E-state index >= 15 is 0 Å². The molecule has 112 valence electrons. The van der Waals surface area contributed by atoms with Crippen LogP contribution in [0.1, 0.15) is 12.0 Å². The van der Waals surface area contributed by atoms with Gasteiger partial charge in [-0.05, 0) is 23.8 Å². The Morgan fingerprint density at radius 2 is 2.10 bits per heavy atom. The largest absolute Gasteiger partial charge is 0.481 e. The van der Waals surface area contributed by atoms with Crippen LogP contribution < -0.4 is 5.73 Å². The topological polar surface area (TPSA) is 83.6 Å². The summed E-state index contributed by atoms with van der Waals surface area (Å²) in [4.78, 5) is 24.8. The van der Waals surface area contributed by atoms with Crippen molar-refractivity contribution in [2.24, 2.45) is 0 Å². The molecule has 1 aliphatic heterocycles. The number of anilines is 1. The Morgan fingerprint density at radius 1 is 1.38 bits per heavy atom. The first-order chi connectivity index (χ1) is 10.1. The van der Waals surface area contributed by atoms with Crippen molar-refractivity contribution >= 4 is 35.4 Å². The molecule has 6 heteroatoms. The second-order valence-electron chi connectivity index (χ2n) is 4.86. The van der Waals surface area contributed by atoms with Gasteiger partial charge in [0.25, 0.3) is 0 Å². The van der Waals surface area contributed by atoms with Crippen LogP contribution in [0.4, 0.5) is 5.69 Å². The Kier molecular flexibility index (Phi) is 5.27. The molecular formula is C15H18N2O3S. The molecule has 1 unspecified atom stereocenters. The van der Waals surface area contributed by atoms with Crippen LogP contribution in [0.25, 0.3) is 6.08 Å². The van der Waals surface area contributed by atoms with Crippen molar-refractivity contribution in [1.29, 1.82) is 0 Å². The smallest absolute Gasteiger partial charge is 0.305 e. The molecular weight excluding hydrogens is 288 g/mol. The van der Waals surface area contributed by atoms with Gasteiger partial charge in [-0.2, -0.15) is 11.8 Å². The number of nitrogens with two attached hydrogens (primary N) is 1. The molecule has 3 N–H and O–H groups in total. The van der Waals surface area contributed by atoms with E-state index in [1.807, 2.05) is 12.1 Å². The van der Waals surface area contributed by atoms with Crippen molar-refractivity contribution in [3.63, 3.8) is 0 Å². The van der Waals surface area contributed by atoms with Gasteiger partial charge in [0.2, 0.25) is 5.91 Å². The fraction of sp³-hybridized carbons (Fsp3) is 0.333. The summed E-state index contributed by atoms with van der Waals surface area (Å²) in [6, 6.07) is 6.98. The third-order valence-electron chi connectivity index (χ3n) is 3.28. The van der Waals surface area contributed by atoms with Crippen molar-refractivity contribution < 1.29 is 14.7 Å². The number of carboxylic acids is 1. The standard InChI is InChI=1S/C15H18N2O3S/c16-12-4-1-11(2-5-12)3-6-14(18)17-7-8-21-10-13(17)9-15(19)20/h1-6,13H,7-10,16H2,(H,19,20)/b6-3+. The van der Waals surface area contributed by atoms with Crippen molar-refractivity contribution in [2.45, 2.75) is 12.5 Å². The quantitative estimate of drug-likeness (QED) is 0.653. The van der Waals surface area contributed by atoms with Gasteiger partial charge >= 0.3 is 5.97 Å². The number of aliphatic carboxylic acids is 1. The summed E-state index contributed by atoms with van der Waals surface area (Å²) in [5.41, 5.74) is 7.17. The van der Waals surface area contributed by atoms with Crippen LogP contribution in [-0.4, -0.2) is 46.0 Å². The number of carboxylic acid groups (broad SMARTS) is 1. The molecule has 1 aliphatic rings. The molecule has 1 saturated heterocycles. The van der Waals surface area contributed by atoms with E-state index in [9.17, 15) is 9.59 Å². The van der Waals surface area contributed by atoms with Crippen LogP contribution in [-0.2, 0) is 9.59 Å². The predicted molar refractivity (Wildman–Crippen MR) is 85.0 cm³/mol. The molecule has 1 atom stereocenters. The number of nitrogens with zero attached hydrogens (tertiary/aromatic N) is 1. The van der Waals surface area contributed by atoms with Gasteiger partial charge in [-0.3, -0.25) is 9.59 Å². The van der Waals surface area contributed by atoms with Gasteiger partial charge in [0, 0.05) is 29.8 Å². The zero-order valence-electron chi connectivity index (χ0n) is 11.6. The van der Waals surface area contributed by atoms with E-state index in [-0.39, 0.29) is 18.4 Å². The number of thioether (sulfide) groups is 1. The third kappa shape index (κ3) is 4.53. The van der Waals surface area contributed by atoms with Gasteiger partial charge in [0.05, 0.1) is 12.5 Å². The molecule has 0 radical (unpaired) electrons. The van der Waals surface area contributed by atoms with E-state index < -0.39 is 5.97 Å². The van der Waals surface area contributed by atoms with Gasteiger partial charge < -0.3 is 15.7 Å². The number of hydrogen-bond donors (Lipinski definition) is 2. The van der Waals surface area contributed by atoms with Crippen LogP contribution in [0.2, 0.25) is 0 Å². The highest BCUT2D eigenvalue weighted by molar-refractivity contribution is 7.99. The average Bonchev–Trinajstić information content (AvgIpc) is 2.46. The molecule has 1 aromatic rings. The molecule has 1 fully saturated rings. The molecule has 5 nitrogen and oxygen atoms in total. The average molecular weight is 306 g/mol. The minimum absolute atomic E-state index is 0.00551. The lowest BCUT2D eigenvalue weighted by atomic mass is 10.1. The van der Waals surface area contributed by atoms with Crippen LogP contribution in [0.5, 0.6) is 0 Å². The van der Waals surface area contributed by atoms with E-state index in [0.717, 1.165) is 11.3 Å². The molecule has 0 aromatic heterocycles. The zero-order valence-corrected chi connectivity index (χ0v) is 12.4. The number of carbonyl (C=O) groups excluding carboxylic acids is 1. The minimum Gasteiger partial charge on any atom is -0.481 e. The van der Waals surface area contributed by atoms with Gasteiger partial charge in [-0.1, -0.05) is 12.1 Å². The summed E-state index contributed by atoms with van der Waals surface area (Å²) in [7, 11) is 0. The molecule has 21 heavy (non-hydrogen) atoms. The normalized spacial score (nSPS) is 18.9. The number of carbonyl (C=O) groups is 2. The summed E-state index contributed by atoms with van der Waals surface area (Å²) >= 11 is 1.69. The van der Waals surface area contributed by atoms with E-state index in [1.54, 1.807) is 34.9 Å². The molecule has 1 aromatic carbocycles. The highest BCUT2D eigenvalue weighted by Crippen LogP contribution is 2.19. The first kappa shape index (κ1) is 15.4. The number of rotatable bonds is 4. The van der Waals surface area contributed by atoms with E-state index in [1.165, 1.54) is 6.08 Å². The van der Waals surface area contributed by atoms with Crippen LogP contribution in [0, 0.1) is 0 Å². The number of nitrogen functional groups attached to an aromatic ring is 1. The Bertz CT molecular complexity index is 542. The molecule has 0 aliphatic carbocycles. The Balaban J connectivity index is 2.03. The molecule has 1 heterocycles. The maximum Gasteiger partial charge on any atom is 0.305 e. The first-order valence-electron chi connectivity index (χ1n) is 6.70. The Morgan fingerprint density at radius 3 is 2.76 bits per heavy atom. The molecule has 0 saturated carbocycles. The highest BCUT2D eigenvalue weighted by Gasteiger charge is 2.27. The molecule has 2 rings (SSSR count). The first-order valence-corrected chi connectivity index (χ1v) is 7.85. The van der Waals surface area contributed by atoms with Crippen LogP contribution >= 0.6 is 11.8 Å². The van der Waals surface area contributed by atoms with Crippen molar-refractivity contribution in [2.75, 3.05) is 23.8 Å². The van der Waals surface area contributed by atoms with E-state index in [0.29, 0.717) is 18.0 Å². The number of amides is 1. The lowest BCUT2D eigenvalue weighted by molar-refractivity contribution is -0.139. The SMILES string of the molecule is Nc1ccc(/C=C/C(=O)N2CCSCC2CC(=O)O)cc1. The van der Waals surface area contributed by atoms with Crippen LogP contribution in [0.15, 0.2) is 30.3 Å². The summed E-state index contributed by atoms with van der Waals surface area (Å²) in [5, 5.41) is 8.92. The van der Waals surface area contributed by atoms with Gasteiger partial charge in [0.1, 0.15) is 0 Å². The summed E-state index contributed by atoms with van der Waals surface area (Å²) < 4.78 is 0. The second-order valence-corrected chi connectivity index (χ2v) is 6.01. The lowest BCUT2D eigenvalue weighted by Crippen LogP contribution is -2.46. The van der Waals surface area contributed by atoms with Crippen molar-refractivity contribution in [3.05, 3.63) is 35.9 Å². The zero-order chi connectivity index (χ0) is 15.2. The summed E-state index contributed by atoms with van der Waals surface area (Å²) in [6.07, 6.45) is 3.21. The third-order valence-corrected chi connectivity index (χ3v) is 4.37. The lowest BCUT2D eigenvalue weighted by Gasteiger charge is -2.33. The minimum atomic E-state index is -0.872. The van der Waals surface area contributed by atoms with Gasteiger partial charge in [-0.25, -0.2) is 0 Å². The molecule has 0 bridgehead atoms. The van der Waals surface area contributed by atoms with Crippen LogP contribution in [0.3, 0.4) is 0 Å². The fourth-order valence-electron chi connectivity index (χ4n) is 2.19. The maximum atomic E-state index is 12.2. The maximum absolute atomic E-state index is 12.2. The Hall–Kier alpha value is -1.95. The van der Waals surface area contributed by atoms with E-state index in [4.69, 9.17) is 10.8 Å². The highest BCUT2D eigenvalue weighted by atomic mass is 32.2. The summed E-state index contributed by atoms with van der Waals surface area (Å²) in [6.45, 7) is 0.591. The monoisotopic (exact) mass is 306 g/mol. The fourth-order valence-corrected chi connectivity index (χ4v) is 3.25.